The molecule has 1 saturated heterocycles. The van der Waals surface area contributed by atoms with Crippen molar-refractivity contribution < 1.29 is 13.9 Å². The van der Waals surface area contributed by atoms with Crippen molar-refractivity contribution in [1.29, 1.82) is 0 Å². The number of nitrogens with zero attached hydrogens (tertiary/aromatic N) is 1. The topological polar surface area (TPSA) is 29.5 Å². The van der Waals surface area contributed by atoms with Crippen LogP contribution in [0.5, 0.6) is 0 Å². The Balaban J connectivity index is 1.73. The lowest BCUT2D eigenvalue weighted by Crippen LogP contribution is -2.42. The fraction of sp³-hybridized carbons (Fsp3) is 0.267. The molecule has 0 unspecified atom stereocenters. The minimum absolute atomic E-state index is 0.0149. The molecule has 1 aromatic carbocycles. The first-order chi connectivity index (χ1) is 10.1. The van der Waals surface area contributed by atoms with Crippen LogP contribution in [0.4, 0.5) is 4.39 Å². The van der Waals surface area contributed by atoms with E-state index in [9.17, 15) is 9.18 Å². The van der Waals surface area contributed by atoms with Crippen molar-refractivity contribution in [2.75, 3.05) is 19.7 Å². The number of hydrogen-bond acceptors (Lipinski definition) is 3. The number of thiophene rings is 1. The number of rotatable bonds is 2. The molecule has 1 aliphatic heterocycles. The average Bonchev–Trinajstić information content (AvgIpc) is 2.94. The first-order valence-electron chi connectivity index (χ1n) is 6.55. The zero-order chi connectivity index (χ0) is 14.8. The zero-order valence-corrected chi connectivity index (χ0v) is 13.5. The molecule has 0 saturated carbocycles. The maximum absolute atomic E-state index is 13.0. The van der Waals surface area contributed by atoms with E-state index in [0.717, 1.165) is 9.35 Å². The summed E-state index contributed by atoms with van der Waals surface area (Å²) in [6, 6.07) is 9.92. The van der Waals surface area contributed by atoms with Gasteiger partial charge in [-0.05, 0) is 45.8 Å². The van der Waals surface area contributed by atoms with Gasteiger partial charge in [0.25, 0.3) is 5.91 Å². The third-order valence-electron chi connectivity index (χ3n) is 3.38. The van der Waals surface area contributed by atoms with Crippen LogP contribution in [0.1, 0.15) is 21.3 Å². The molecule has 1 amide bonds. The van der Waals surface area contributed by atoms with Gasteiger partial charge in [-0.25, -0.2) is 4.39 Å². The van der Waals surface area contributed by atoms with Crippen LogP contribution < -0.4 is 0 Å². The number of carbonyl (C=O) groups excluding carboxylic acids is 1. The van der Waals surface area contributed by atoms with Crippen LogP contribution in [0.2, 0.25) is 0 Å². The first kappa shape index (κ1) is 14.7. The lowest BCUT2D eigenvalue weighted by molar-refractivity contribution is -0.0226. The normalized spacial score (nSPS) is 18.8. The fourth-order valence-corrected chi connectivity index (χ4v) is 3.65. The second-order valence-corrected chi connectivity index (χ2v) is 7.23. The van der Waals surface area contributed by atoms with Crippen molar-refractivity contribution in [2.24, 2.45) is 0 Å². The second kappa shape index (κ2) is 6.25. The highest BCUT2D eigenvalue weighted by molar-refractivity contribution is 9.11. The van der Waals surface area contributed by atoms with Crippen LogP contribution in [0, 0.1) is 5.82 Å². The molecular weight excluding hydrogens is 357 g/mol. The van der Waals surface area contributed by atoms with Crippen LogP contribution in [0.15, 0.2) is 40.2 Å². The van der Waals surface area contributed by atoms with Crippen LogP contribution in [0.3, 0.4) is 0 Å². The summed E-state index contributed by atoms with van der Waals surface area (Å²) >= 11 is 4.79. The minimum Gasteiger partial charge on any atom is -0.370 e. The Labute approximate surface area is 134 Å². The Bertz CT molecular complexity index is 643. The van der Waals surface area contributed by atoms with Crippen LogP contribution in [0.25, 0.3) is 0 Å². The molecule has 1 aromatic heterocycles. The summed E-state index contributed by atoms with van der Waals surface area (Å²) in [6.07, 6.45) is -0.202. The van der Waals surface area contributed by atoms with Gasteiger partial charge in [-0.1, -0.05) is 12.1 Å². The van der Waals surface area contributed by atoms with E-state index in [1.54, 1.807) is 17.0 Å². The predicted molar refractivity (Wildman–Crippen MR) is 83.0 cm³/mol. The van der Waals surface area contributed by atoms with E-state index >= 15 is 0 Å². The summed E-state index contributed by atoms with van der Waals surface area (Å²) in [5.41, 5.74) is 0.890. The first-order valence-corrected chi connectivity index (χ1v) is 8.16. The fourth-order valence-electron chi connectivity index (χ4n) is 2.30. The van der Waals surface area contributed by atoms with Gasteiger partial charge in [-0.2, -0.15) is 0 Å². The molecule has 3 rings (SSSR count). The molecule has 1 atom stereocenters. The van der Waals surface area contributed by atoms with Gasteiger partial charge in [0.15, 0.2) is 0 Å². The Kier molecular flexibility index (Phi) is 4.37. The van der Waals surface area contributed by atoms with Crippen molar-refractivity contribution in [3.05, 3.63) is 56.4 Å². The van der Waals surface area contributed by atoms with Crippen molar-refractivity contribution in [3.63, 3.8) is 0 Å². The Morgan fingerprint density at radius 3 is 2.71 bits per heavy atom. The monoisotopic (exact) mass is 369 g/mol. The van der Waals surface area contributed by atoms with E-state index in [2.05, 4.69) is 15.9 Å². The number of hydrogen-bond donors (Lipinski definition) is 0. The predicted octanol–water partition coefficient (Wildman–Crippen LogP) is 3.86. The van der Waals surface area contributed by atoms with Crippen molar-refractivity contribution in [1.82, 2.24) is 4.90 Å². The van der Waals surface area contributed by atoms with Gasteiger partial charge < -0.3 is 9.64 Å². The molecule has 0 spiro atoms. The molecule has 1 fully saturated rings. The van der Waals surface area contributed by atoms with Gasteiger partial charge in [0.1, 0.15) is 11.9 Å². The molecule has 2 aromatic rings. The van der Waals surface area contributed by atoms with E-state index in [1.807, 2.05) is 12.1 Å². The van der Waals surface area contributed by atoms with Gasteiger partial charge in [-0.3, -0.25) is 4.79 Å². The smallest absolute Gasteiger partial charge is 0.264 e. The molecule has 3 nitrogen and oxygen atoms in total. The highest BCUT2D eigenvalue weighted by atomic mass is 79.9. The quantitative estimate of drug-likeness (QED) is 0.804. The van der Waals surface area contributed by atoms with Gasteiger partial charge in [0.05, 0.1) is 21.8 Å². The summed E-state index contributed by atoms with van der Waals surface area (Å²) in [7, 11) is 0. The van der Waals surface area contributed by atoms with Crippen molar-refractivity contribution >= 4 is 33.2 Å². The van der Waals surface area contributed by atoms with E-state index in [0.29, 0.717) is 24.6 Å². The minimum atomic E-state index is -0.272. The second-order valence-electron chi connectivity index (χ2n) is 4.77. The zero-order valence-electron chi connectivity index (χ0n) is 11.1. The third-order valence-corrected chi connectivity index (χ3v) is 4.99. The maximum Gasteiger partial charge on any atom is 0.264 e. The van der Waals surface area contributed by atoms with Crippen molar-refractivity contribution in [2.45, 2.75) is 6.10 Å². The SMILES string of the molecule is O=C(c1ccc(Br)s1)N1CCO[C@@H](c2ccc(F)cc2)C1. The van der Waals surface area contributed by atoms with Gasteiger partial charge in [0.2, 0.25) is 0 Å². The molecule has 0 N–H and O–H groups in total. The molecule has 6 heteroatoms. The number of ether oxygens (including phenoxy) is 1. The number of benzene rings is 1. The summed E-state index contributed by atoms with van der Waals surface area (Å²) in [5, 5.41) is 0. The lowest BCUT2D eigenvalue weighted by Gasteiger charge is -2.33. The highest BCUT2D eigenvalue weighted by Gasteiger charge is 2.26. The van der Waals surface area contributed by atoms with Gasteiger partial charge in [-0.15, -0.1) is 11.3 Å². The average molecular weight is 370 g/mol. The number of halogens is 2. The van der Waals surface area contributed by atoms with E-state index in [4.69, 9.17) is 4.74 Å². The standard InChI is InChI=1S/C15H13BrFNO2S/c16-14-6-5-13(21-14)15(19)18-7-8-20-12(9-18)10-1-3-11(17)4-2-10/h1-6,12H,7-9H2/t12-/m1/s1. The molecular formula is C15H13BrFNO2S. The van der Waals surface area contributed by atoms with Crippen LogP contribution in [-0.4, -0.2) is 30.5 Å². The summed E-state index contributed by atoms with van der Waals surface area (Å²) in [5.74, 6) is -0.257. The van der Waals surface area contributed by atoms with E-state index in [-0.39, 0.29) is 17.8 Å². The third kappa shape index (κ3) is 3.33. The van der Waals surface area contributed by atoms with Crippen molar-refractivity contribution in [3.8, 4) is 0 Å². The van der Waals surface area contributed by atoms with E-state index < -0.39 is 0 Å². The molecule has 0 aliphatic carbocycles. The summed E-state index contributed by atoms with van der Waals surface area (Å²) < 4.78 is 19.6. The van der Waals surface area contributed by atoms with E-state index in [1.165, 1.54) is 23.5 Å². The Morgan fingerprint density at radius 1 is 1.29 bits per heavy atom. The Morgan fingerprint density at radius 2 is 2.05 bits per heavy atom. The number of amides is 1. The molecule has 21 heavy (non-hydrogen) atoms. The van der Waals surface area contributed by atoms with Crippen LogP contribution >= 0.6 is 27.3 Å². The highest BCUT2D eigenvalue weighted by Crippen LogP contribution is 2.27. The molecule has 0 bridgehead atoms. The molecule has 0 radical (unpaired) electrons. The lowest BCUT2D eigenvalue weighted by atomic mass is 10.1. The maximum atomic E-state index is 13.0. The van der Waals surface area contributed by atoms with Crippen LogP contribution in [-0.2, 0) is 4.74 Å². The summed E-state index contributed by atoms with van der Waals surface area (Å²) in [6.45, 7) is 1.55. The van der Waals surface area contributed by atoms with Gasteiger partial charge in [0, 0.05) is 6.54 Å². The Hall–Kier alpha value is -1.24. The molecule has 1 aliphatic rings. The molecule has 2 heterocycles. The number of carbonyl (C=O) groups is 1. The molecule has 110 valence electrons. The summed E-state index contributed by atoms with van der Waals surface area (Å²) in [4.78, 5) is 14.9. The van der Waals surface area contributed by atoms with Gasteiger partial charge >= 0.3 is 0 Å². The number of morpholine rings is 1. The largest absolute Gasteiger partial charge is 0.370 e.